The van der Waals surface area contributed by atoms with Crippen LogP contribution >= 0.6 is 0 Å². The Labute approximate surface area is 194 Å². The van der Waals surface area contributed by atoms with Gasteiger partial charge in [0.05, 0.1) is 6.04 Å². The van der Waals surface area contributed by atoms with Crippen molar-refractivity contribution in [1.29, 1.82) is 0 Å². The zero-order valence-electron chi connectivity index (χ0n) is 19.6. The van der Waals surface area contributed by atoms with E-state index in [0.29, 0.717) is 6.42 Å². The van der Waals surface area contributed by atoms with Gasteiger partial charge in [-0.3, -0.25) is 24.4 Å². The van der Waals surface area contributed by atoms with Gasteiger partial charge in [0, 0.05) is 18.8 Å². The fraction of sp³-hybridized carbons (Fsp3) is 0.440. The van der Waals surface area contributed by atoms with Gasteiger partial charge in [-0.05, 0) is 42.5 Å². The summed E-state index contributed by atoms with van der Waals surface area (Å²) in [6.45, 7) is 6.81. The van der Waals surface area contributed by atoms with Gasteiger partial charge in [-0.25, -0.2) is 5.48 Å². The number of benzene rings is 2. The number of rotatable bonds is 11. The maximum absolute atomic E-state index is 13.0. The molecule has 0 aliphatic rings. The number of fused-ring (bicyclic) bond motifs is 1. The first kappa shape index (κ1) is 26.0. The first-order valence-corrected chi connectivity index (χ1v) is 11.1. The average Bonchev–Trinajstić information content (AvgIpc) is 2.77. The molecule has 3 amide bonds. The van der Waals surface area contributed by atoms with Gasteiger partial charge in [0.25, 0.3) is 0 Å². The van der Waals surface area contributed by atoms with Crippen LogP contribution in [0.15, 0.2) is 42.5 Å². The van der Waals surface area contributed by atoms with Crippen LogP contribution in [-0.2, 0) is 25.6 Å². The molecule has 0 bridgehead atoms. The molecule has 0 radical (unpaired) electrons. The van der Waals surface area contributed by atoms with Crippen LogP contribution in [0.3, 0.4) is 0 Å². The van der Waals surface area contributed by atoms with Crippen molar-refractivity contribution in [3.63, 3.8) is 0 Å². The lowest BCUT2D eigenvalue weighted by Gasteiger charge is -2.24. The van der Waals surface area contributed by atoms with E-state index in [0.717, 1.165) is 16.3 Å². The number of nitrogens with one attached hydrogen (secondary N) is 3. The number of hydrogen-bond donors (Lipinski definition) is 4. The molecular formula is C25H33N3O5. The molecule has 0 aliphatic carbocycles. The molecular weight excluding hydrogens is 422 g/mol. The third-order valence-corrected chi connectivity index (χ3v) is 5.54. The SMILES string of the molecule is CC(=O)[C@H](C)NC(=O)[C@H](Cc1ccc2ccccc2c1)NC(=O)C(CC(=O)NO)CC(C)C. The van der Waals surface area contributed by atoms with E-state index in [1.807, 2.05) is 56.3 Å². The minimum Gasteiger partial charge on any atom is -0.345 e. The number of carbonyl (C=O) groups excluding carboxylic acids is 4. The first-order chi connectivity index (χ1) is 15.6. The van der Waals surface area contributed by atoms with Crippen LogP contribution < -0.4 is 16.1 Å². The van der Waals surface area contributed by atoms with Gasteiger partial charge in [0.15, 0.2) is 5.78 Å². The summed E-state index contributed by atoms with van der Waals surface area (Å²) in [5.41, 5.74) is 2.40. The standard InChI is InChI=1S/C25H33N3O5/c1-15(2)11-21(14-23(30)28-33)24(31)27-22(25(32)26-16(3)17(4)29)13-18-9-10-19-7-5-6-8-20(19)12-18/h5-10,12,15-16,21-22,33H,11,13-14H2,1-4H3,(H,26,32)(H,27,31)(H,28,30)/t16-,21?,22-/m0/s1. The highest BCUT2D eigenvalue weighted by Crippen LogP contribution is 2.19. The van der Waals surface area contributed by atoms with Crippen LogP contribution in [0.1, 0.15) is 46.1 Å². The highest BCUT2D eigenvalue weighted by Gasteiger charge is 2.29. The summed E-state index contributed by atoms with van der Waals surface area (Å²) >= 11 is 0. The Hall–Kier alpha value is -3.26. The summed E-state index contributed by atoms with van der Waals surface area (Å²) in [6.07, 6.45) is 0.426. The van der Waals surface area contributed by atoms with Gasteiger partial charge < -0.3 is 10.6 Å². The van der Waals surface area contributed by atoms with E-state index in [-0.39, 0.29) is 24.5 Å². The average molecular weight is 456 g/mol. The van der Waals surface area contributed by atoms with Crippen molar-refractivity contribution < 1.29 is 24.4 Å². The Morgan fingerprint density at radius 3 is 2.18 bits per heavy atom. The molecule has 2 aromatic carbocycles. The highest BCUT2D eigenvalue weighted by atomic mass is 16.5. The molecule has 178 valence electrons. The summed E-state index contributed by atoms with van der Waals surface area (Å²) in [6, 6.07) is 12.0. The topological polar surface area (TPSA) is 125 Å². The lowest BCUT2D eigenvalue weighted by molar-refractivity contribution is -0.136. The van der Waals surface area contributed by atoms with E-state index in [9.17, 15) is 19.2 Å². The van der Waals surface area contributed by atoms with Crippen LogP contribution in [-0.4, -0.2) is 40.8 Å². The van der Waals surface area contributed by atoms with Crippen LogP contribution in [0.2, 0.25) is 0 Å². The summed E-state index contributed by atoms with van der Waals surface area (Å²) < 4.78 is 0. The summed E-state index contributed by atoms with van der Waals surface area (Å²) in [4.78, 5) is 49.4. The first-order valence-electron chi connectivity index (χ1n) is 11.1. The third-order valence-electron chi connectivity index (χ3n) is 5.54. The fourth-order valence-corrected chi connectivity index (χ4v) is 3.64. The number of ketones is 1. The zero-order chi connectivity index (χ0) is 24.5. The second-order valence-corrected chi connectivity index (χ2v) is 8.85. The second kappa shape index (κ2) is 12.1. The van der Waals surface area contributed by atoms with Gasteiger partial charge >= 0.3 is 0 Å². The lowest BCUT2D eigenvalue weighted by atomic mass is 9.92. The molecule has 0 aliphatic heterocycles. The Bertz CT molecular complexity index is 1000. The van der Waals surface area contributed by atoms with Crippen molar-refractivity contribution in [3.8, 4) is 0 Å². The molecule has 8 heteroatoms. The largest absolute Gasteiger partial charge is 0.345 e. The smallest absolute Gasteiger partial charge is 0.244 e. The molecule has 8 nitrogen and oxygen atoms in total. The number of hydrogen-bond acceptors (Lipinski definition) is 5. The molecule has 0 spiro atoms. The third kappa shape index (κ3) is 7.98. The summed E-state index contributed by atoms with van der Waals surface area (Å²) in [5.74, 6) is -2.39. The lowest BCUT2D eigenvalue weighted by Crippen LogP contribution is -2.52. The Morgan fingerprint density at radius 2 is 1.58 bits per heavy atom. The van der Waals surface area contributed by atoms with Crippen molar-refractivity contribution in [2.45, 2.75) is 59.0 Å². The van der Waals surface area contributed by atoms with Gasteiger partial charge in [0.1, 0.15) is 6.04 Å². The fourth-order valence-electron chi connectivity index (χ4n) is 3.64. The van der Waals surface area contributed by atoms with Gasteiger partial charge in [-0.15, -0.1) is 0 Å². The van der Waals surface area contributed by atoms with Crippen molar-refractivity contribution in [3.05, 3.63) is 48.0 Å². The Morgan fingerprint density at radius 1 is 0.909 bits per heavy atom. The second-order valence-electron chi connectivity index (χ2n) is 8.85. The molecule has 0 heterocycles. The molecule has 0 saturated carbocycles. The highest BCUT2D eigenvalue weighted by molar-refractivity contribution is 5.93. The molecule has 3 atom stereocenters. The van der Waals surface area contributed by atoms with E-state index < -0.39 is 35.7 Å². The van der Waals surface area contributed by atoms with Crippen LogP contribution in [0.4, 0.5) is 0 Å². The summed E-state index contributed by atoms with van der Waals surface area (Å²) in [7, 11) is 0. The quantitative estimate of drug-likeness (QED) is 0.306. The Kier molecular flexibility index (Phi) is 9.54. The van der Waals surface area contributed by atoms with Crippen LogP contribution in [0.5, 0.6) is 0 Å². The molecule has 33 heavy (non-hydrogen) atoms. The van der Waals surface area contributed by atoms with E-state index >= 15 is 0 Å². The molecule has 1 unspecified atom stereocenters. The minimum atomic E-state index is -0.938. The number of carbonyl (C=O) groups is 4. The van der Waals surface area contributed by atoms with Gasteiger partial charge in [0.2, 0.25) is 17.7 Å². The molecule has 0 aromatic heterocycles. The zero-order valence-corrected chi connectivity index (χ0v) is 19.6. The van der Waals surface area contributed by atoms with E-state index in [2.05, 4.69) is 10.6 Å². The predicted molar refractivity (Wildman–Crippen MR) is 125 cm³/mol. The molecule has 0 saturated heterocycles. The summed E-state index contributed by atoms with van der Waals surface area (Å²) in [5, 5.41) is 16.4. The van der Waals surface area contributed by atoms with E-state index in [1.165, 1.54) is 6.92 Å². The van der Waals surface area contributed by atoms with Crippen LogP contribution in [0, 0.1) is 11.8 Å². The van der Waals surface area contributed by atoms with Crippen molar-refractivity contribution >= 4 is 34.3 Å². The van der Waals surface area contributed by atoms with E-state index in [1.54, 1.807) is 12.4 Å². The number of amides is 3. The predicted octanol–water partition coefficient (Wildman–Crippen LogP) is 2.52. The normalized spacial score (nSPS) is 13.8. The van der Waals surface area contributed by atoms with Crippen molar-refractivity contribution in [1.82, 2.24) is 16.1 Å². The van der Waals surface area contributed by atoms with Crippen LogP contribution in [0.25, 0.3) is 10.8 Å². The van der Waals surface area contributed by atoms with Crippen molar-refractivity contribution in [2.24, 2.45) is 11.8 Å². The maximum atomic E-state index is 13.0. The Balaban J connectivity index is 2.27. The maximum Gasteiger partial charge on any atom is 0.244 e. The number of hydroxylamine groups is 1. The number of Topliss-reactive ketones (excluding diaryl/α,β-unsaturated/α-hetero) is 1. The van der Waals surface area contributed by atoms with Gasteiger partial charge in [-0.2, -0.15) is 0 Å². The minimum absolute atomic E-state index is 0.123. The molecule has 4 N–H and O–H groups in total. The molecule has 2 rings (SSSR count). The molecule has 2 aromatic rings. The monoisotopic (exact) mass is 455 g/mol. The van der Waals surface area contributed by atoms with E-state index in [4.69, 9.17) is 5.21 Å². The van der Waals surface area contributed by atoms with Gasteiger partial charge in [-0.1, -0.05) is 56.3 Å². The van der Waals surface area contributed by atoms with Crippen molar-refractivity contribution in [2.75, 3.05) is 0 Å². The molecule has 0 fully saturated rings.